The molecule has 0 N–H and O–H groups in total. The van der Waals surface area contributed by atoms with Crippen LogP contribution >= 0.6 is 0 Å². The van der Waals surface area contributed by atoms with Crippen molar-refractivity contribution in [3.05, 3.63) is 71.0 Å². The number of ketones is 1. The molecule has 0 fully saturated rings. The summed E-state index contributed by atoms with van der Waals surface area (Å²) in [5, 5.41) is 0. The second-order valence-corrected chi connectivity index (χ2v) is 5.51. The summed E-state index contributed by atoms with van der Waals surface area (Å²) in [6, 6.07) is 13.8. The van der Waals surface area contributed by atoms with Crippen LogP contribution in [-0.4, -0.2) is 5.78 Å². The highest BCUT2D eigenvalue weighted by molar-refractivity contribution is 6.03. The fourth-order valence-corrected chi connectivity index (χ4v) is 2.25. The van der Waals surface area contributed by atoms with Crippen LogP contribution in [0.25, 0.3) is 0 Å². The maximum Gasteiger partial charge on any atom is 0.172 e. The van der Waals surface area contributed by atoms with Crippen LogP contribution in [-0.2, 0) is 11.8 Å². The van der Waals surface area contributed by atoms with Crippen molar-refractivity contribution in [3.8, 4) is 0 Å². The molecule has 0 aliphatic carbocycles. The van der Waals surface area contributed by atoms with Crippen molar-refractivity contribution in [2.24, 2.45) is 0 Å². The lowest BCUT2D eigenvalue weighted by Gasteiger charge is -2.24. The average Bonchev–Trinajstić information content (AvgIpc) is 2.47. The molecule has 0 unspecified atom stereocenters. The highest BCUT2D eigenvalue weighted by Gasteiger charge is 2.30. The molecule has 0 saturated heterocycles. The minimum atomic E-state index is -0.665. The normalized spacial score (nSPS) is 11.4. The summed E-state index contributed by atoms with van der Waals surface area (Å²) < 4.78 is 13.0. The predicted octanol–water partition coefficient (Wildman–Crippen LogP) is 4.55. The standard InChI is InChI=1S/C18H19FO/c1-4-13-5-7-14(8-6-13)17(20)18(2,3)15-9-11-16(19)12-10-15/h5-12H,4H2,1-3H3. The van der Waals surface area contributed by atoms with Gasteiger partial charge in [0.2, 0.25) is 0 Å². The number of halogens is 1. The van der Waals surface area contributed by atoms with E-state index in [1.54, 1.807) is 12.1 Å². The van der Waals surface area contributed by atoms with Gasteiger partial charge in [0.25, 0.3) is 0 Å². The minimum Gasteiger partial charge on any atom is -0.293 e. The Bertz CT molecular complexity index is 594. The molecule has 20 heavy (non-hydrogen) atoms. The summed E-state index contributed by atoms with van der Waals surface area (Å²) >= 11 is 0. The molecule has 2 heteroatoms. The molecule has 2 aromatic carbocycles. The molecule has 0 atom stereocenters. The Morgan fingerprint density at radius 3 is 2.05 bits per heavy atom. The molecule has 0 aromatic heterocycles. The molecule has 0 saturated carbocycles. The summed E-state index contributed by atoms with van der Waals surface area (Å²) in [4.78, 5) is 12.7. The fourth-order valence-electron chi connectivity index (χ4n) is 2.25. The quantitative estimate of drug-likeness (QED) is 0.745. The van der Waals surface area contributed by atoms with E-state index in [0.717, 1.165) is 12.0 Å². The maximum atomic E-state index is 13.0. The summed E-state index contributed by atoms with van der Waals surface area (Å²) in [6.45, 7) is 5.83. The first-order valence-corrected chi connectivity index (χ1v) is 6.85. The third-order valence-corrected chi connectivity index (χ3v) is 3.76. The topological polar surface area (TPSA) is 17.1 Å². The van der Waals surface area contributed by atoms with Gasteiger partial charge in [0.05, 0.1) is 5.41 Å². The molecule has 1 nitrogen and oxygen atoms in total. The molecule has 0 bridgehead atoms. The number of rotatable bonds is 4. The van der Waals surface area contributed by atoms with E-state index in [2.05, 4.69) is 6.92 Å². The van der Waals surface area contributed by atoms with Crippen LogP contribution in [0.1, 0.15) is 42.3 Å². The van der Waals surface area contributed by atoms with Gasteiger partial charge in [-0.15, -0.1) is 0 Å². The van der Waals surface area contributed by atoms with Crippen LogP contribution in [0.2, 0.25) is 0 Å². The molecule has 2 aromatic rings. The van der Waals surface area contributed by atoms with Gasteiger partial charge < -0.3 is 0 Å². The minimum absolute atomic E-state index is 0.0479. The maximum absolute atomic E-state index is 13.0. The Labute approximate surface area is 119 Å². The second kappa shape index (κ2) is 5.58. The Morgan fingerprint density at radius 2 is 1.55 bits per heavy atom. The van der Waals surface area contributed by atoms with E-state index in [0.29, 0.717) is 5.56 Å². The van der Waals surface area contributed by atoms with Crippen LogP contribution in [0.15, 0.2) is 48.5 Å². The molecular formula is C18H19FO. The van der Waals surface area contributed by atoms with Crippen LogP contribution in [0, 0.1) is 5.82 Å². The summed E-state index contributed by atoms with van der Waals surface area (Å²) in [5.41, 5.74) is 2.06. The predicted molar refractivity (Wildman–Crippen MR) is 79.6 cm³/mol. The van der Waals surface area contributed by atoms with Gasteiger partial charge in [-0.05, 0) is 43.5 Å². The molecule has 2 rings (SSSR count). The van der Waals surface area contributed by atoms with Gasteiger partial charge >= 0.3 is 0 Å². The van der Waals surface area contributed by atoms with Crippen molar-refractivity contribution < 1.29 is 9.18 Å². The van der Waals surface area contributed by atoms with E-state index in [4.69, 9.17) is 0 Å². The lowest BCUT2D eigenvalue weighted by molar-refractivity contribution is 0.0908. The largest absolute Gasteiger partial charge is 0.293 e. The third-order valence-electron chi connectivity index (χ3n) is 3.76. The first-order valence-electron chi connectivity index (χ1n) is 6.85. The van der Waals surface area contributed by atoms with Crippen molar-refractivity contribution in [2.75, 3.05) is 0 Å². The second-order valence-electron chi connectivity index (χ2n) is 5.51. The van der Waals surface area contributed by atoms with Gasteiger partial charge in [-0.2, -0.15) is 0 Å². The number of benzene rings is 2. The monoisotopic (exact) mass is 270 g/mol. The van der Waals surface area contributed by atoms with Gasteiger partial charge in [-0.1, -0.05) is 43.3 Å². The fraction of sp³-hybridized carbons (Fsp3) is 0.278. The van der Waals surface area contributed by atoms with Gasteiger partial charge in [0.1, 0.15) is 5.82 Å². The number of carbonyl (C=O) groups excluding carboxylic acids is 1. The van der Waals surface area contributed by atoms with Crippen LogP contribution < -0.4 is 0 Å². The summed E-state index contributed by atoms with van der Waals surface area (Å²) in [5.74, 6) is -0.240. The zero-order valence-corrected chi connectivity index (χ0v) is 12.1. The van der Waals surface area contributed by atoms with E-state index in [9.17, 15) is 9.18 Å². The lowest BCUT2D eigenvalue weighted by Crippen LogP contribution is -2.29. The first kappa shape index (κ1) is 14.4. The highest BCUT2D eigenvalue weighted by Crippen LogP contribution is 2.28. The zero-order valence-electron chi connectivity index (χ0n) is 12.1. The Morgan fingerprint density at radius 1 is 1.00 bits per heavy atom. The van der Waals surface area contributed by atoms with Gasteiger partial charge in [-0.3, -0.25) is 4.79 Å². The number of aryl methyl sites for hydroxylation is 1. The lowest BCUT2D eigenvalue weighted by atomic mass is 9.78. The van der Waals surface area contributed by atoms with Gasteiger partial charge in [-0.25, -0.2) is 4.39 Å². The molecule has 0 aliphatic heterocycles. The third kappa shape index (κ3) is 2.79. The van der Waals surface area contributed by atoms with E-state index in [1.165, 1.54) is 17.7 Å². The first-order chi connectivity index (χ1) is 9.45. The van der Waals surface area contributed by atoms with Gasteiger partial charge in [0, 0.05) is 5.56 Å². The molecule has 0 heterocycles. The van der Waals surface area contributed by atoms with Crippen molar-refractivity contribution in [2.45, 2.75) is 32.6 Å². The zero-order chi connectivity index (χ0) is 14.8. The number of hydrogen-bond donors (Lipinski definition) is 0. The van der Waals surface area contributed by atoms with Crippen molar-refractivity contribution in [3.63, 3.8) is 0 Å². The van der Waals surface area contributed by atoms with Crippen molar-refractivity contribution >= 4 is 5.78 Å². The van der Waals surface area contributed by atoms with E-state index < -0.39 is 5.41 Å². The molecule has 104 valence electrons. The molecule has 0 spiro atoms. The van der Waals surface area contributed by atoms with E-state index >= 15 is 0 Å². The highest BCUT2D eigenvalue weighted by atomic mass is 19.1. The van der Waals surface area contributed by atoms with Gasteiger partial charge in [0.15, 0.2) is 5.78 Å². The Hall–Kier alpha value is -1.96. The smallest absolute Gasteiger partial charge is 0.172 e. The number of Topliss-reactive ketones (excluding diaryl/α,β-unsaturated/α-hetero) is 1. The van der Waals surface area contributed by atoms with E-state index in [1.807, 2.05) is 38.1 Å². The van der Waals surface area contributed by atoms with Crippen molar-refractivity contribution in [1.29, 1.82) is 0 Å². The number of hydrogen-bond acceptors (Lipinski definition) is 1. The molecular weight excluding hydrogens is 251 g/mol. The number of carbonyl (C=O) groups is 1. The van der Waals surface area contributed by atoms with Crippen LogP contribution in [0.4, 0.5) is 4.39 Å². The van der Waals surface area contributed by atoms with Crippen molar-refractivity contribution in [1.82, 2.24) is 0 Å². The molecule has 0 amide bonds. The summed E-state index contributed by atoms with van der Waals surface area (Å²) in [6.07, 6.45) is 0.954. The van der Waals surface area contributed by atoms with Crippen LogP contribution in [0.3, 0.4) is 0 Å². The Balaban J connectivity index is 2.32. The average molecular weight is 270 g/mol. The summed E-state index contributed by atoms with van der Waals surface area (Å²) in [7, 11) is 0. The van der Waals surface area contributed by atoms with Crippen LogP contribution in [0.5, 0.6) is 0 Å². The van der Waals surface area contributed by atoms with E-state index in [-0.39, 0.29) is 11.6 Å². The molecule has 0 radical (unpaired) electrons. The molecule has 0 aliphatic rings. The SMILES string of the molecule is CCc1ccc(C(=O)C(C)(C)c2ccc(F)cc2)cc1. The Kier molecular flexibility index (Phi) is 4.03.